The van der Waals surface area contributed by atoms with Crippen molar-refractivity contribution in [3.05, 3.63) is 68.4 Å². The Morgan fingerprint density at radius 3 is 2.05 bits per heavy atom. The van der Waals surface area contributed by atoms with E-state index in [-0.39, 0.29) is 30.2 Å². The molecule has 7 rings (SSSR count). The first-order valence-electron chi connectivity index (χ1n) is 12.7. The van der Waals surface area contributed by atoms with Gasteiger partial charge in [-0.3, -0.25) is 30.2 Å². The van der Waals surface area contributed by atoms with Crippen LogP contribution in [-0.2, 0) is 21.5 Å². The van der Waals surface area contributed by atoms with Gasteiger partial charge in [0.2, 0.25) is 11.9 Å². The van der Waals surface area contributed by atoms with Gasteiger partial charge in [0, 0.05) is 71.6 Å². The number of amides is 2. The van der Waals surface area contributed by atoms with E-state index in [9.17, 15) is 9.59 Å². The van der Waals surface area contributed by atoms with Gasteiger partial charge in [-0.15, -0.1) is 0 Å². The lowest BCUT2D eigenvalue weighted by Gasteiger charge is -2.53. The normalized spacial score (nSPS) is 26.6. The molecular formula is C28H26Br2N8O2. The molecule has 3 aliphatic rings. The van der Waals surface area contributed by atoms with Crippen LogP contribution in [0.3, 0.4) is 0 Å². The van der Waals surface area contributed by atoms with Crippen LogP contribution in [0, 0.1) is 10.8 Å². The summed E-state index contributed by atoms with van der Waals surface area (Å²) in [5.41, 5.74) is 1.19. The molecule has 2 aliphatic heterocycles. The minimum absolute atomic E-state index is 0.0388. The van der Waals surface area contributed by atoms with Gasteiger partial charge in [0.15, 0.2) is 5.54 Å². The second kappa shape index (κ2) is 7.97. The van der Waals surface area contributed by atoms with E-state index in [1.807, 2.05) is 42.6 Å². The first-order valence-corrected chi connectivity index (χ1v) is 14.3. The summed E-state index contributed by atoms with van der Waals surface area (Å²) in [5.74, 6) is -1.24. The second-order valence-electron chi connectivity index (χ2n) is 10.9. The number of halogens is 2. The van der Waals surface area contributed by atoms with E-state index in [1.165, 1.54) is 9.80 Å². The monoisotopic (exact) mass is 664 g/mol. The van der Waals surface area contributed by atoms with Gasteiger partial charge in [-0.1, -0.05) is 44.0 Å². The Kier molecular flexibility index (Phi) is 5.05. The Hall–Kier alpha value is -3.64. The van der Waals surface area contributed by atoms with Gasteiger partial charge in [0.05, 0.1) is 11.6 Å². The molecule has 0 radical (unpaired) electrons. The number of hydrogen-bond donors (Lipinski definition) is 4. The van der Waals surface area contributed by atoms with E-state index < -0.39 is 17.0 Å². The average molecular weight is 666 g/mol. The van der Waals surface area contributed by atoms with Crippen LogP contribution in [0.15, 0.2) is 51.5 Å². The van der Waals surface area contributed by atoms with Crippen molar-refractivity contribution in [1.29, 1.82) is 10.8 Å². The third kappa shape index (κ3) is 2.73. The zero-order valence-electron chi connectivity index (χ0n) is 22.2. The zero-order chi connectivity index (χ0) is 28.5. The molecule has 204 valence electrons. The molecule has 1 aliphatic carbocycles. The highest BCUT2D eigenvalue weighted by molar-refractivity contribution is 9.10. The number of H-pyrrole nitrogens is 2. The molecule has 2 spiro atoms. The van der Waals surface area contributed by atoms with Crippen LogP contribution in [-0.4, -0.2) is 87.0 Å². The highest BCUT2D eigenvalue weighted by atomic mass is 79.9. The molecule has 0 saturated carbocycles. The molecule has 0 bridgehead atoms. The SMILES string of the molecule is CN1C(=N)N(C)C2(Cc3c([nH]c4cc(Br)ccc34)C3(C(=O)N(C)C(=N)N3C)C2c2c[nH]c3cc(Br)ccc23)C1=O. The van der Waals surface area contributed by atoms with Crippen molar-refractivity contribution in [1.82, 2.24) is 29.6 Å². The number of rotatable bonds is 1. The summed E-state index contributed by atoms with van der Waals surface area (Å²) in [7, 11) is 6.73. The van der Waals surface area contributed by atoms with Crippen LogP contribution in [0.2, 0.25) is 0 Å². The minimum atomic E-state index is -1.47. The number of nitrogens with zero attached hydrogens (tertiary/aromatic N) is 4. The van der Waals surface area contributed by atoms with Crippen LogP contribution in [0.5, 0.6) is 0 Å². The molecule has 2 aromatic heterocycles. The number of carbonyl (C=O) groups excluding carboxylic acids is 2. The van der Waals surface area contributed by atoms with E-state index in [0.29, 0.717) is 5.69 Å². The standard InChI is InChI=1S/C28H26Br2N8O2/c1-35-23(39)27(37(3)25(35)31)11-17-15-7-5-14(30)10-20(15)34-22(17)28(24(40)36(2)26(32)38(28)4)21(27)18-12-33-19-9-13(29)6-8-16(18)19/h5-10,12,21,31-34H,11H2,1-4H3. The first-order chi connectivity index (χ1) is 19.0. The Bertz CT molecular complexity index is 1840. The van der Waals surface area contributed by atoms with Crippen molar-refractivity contribution >= 4 is 77.4 Å². The van der Waals surface area contributed by atoms with Crippen LogP contribution >= 0.6 is 31.9 Å². The molecule has 12 heteroatoms. The molecule has 4 heterocycles. The summed E-state index contributed by atoms with van der Waals surface area (Å²) >= 11 is 7.12. The maximum atomic E-state index is 14.7. The van der Waals surface area contributed by atoms with E-state index in [4.69, 9.17) is 10.8 Å². The average Bonchev–Trinajstić information content (AvgIpc) is 3.59. The Morgan fingerprint density at radius 1 is 0.850 bits per heavy atom. The molecular weight excluding hydrogens is 640 g/mol. The van der Waals surface area contributed by atoms with Gasteiger partial charge in [-0.2, -0.15) is 0 Å². The fourth-order valence-electron chi connectivity index (χ4n) is 7.37. The Labute approximate surface area is 246 Å². The third-order valence-electron chi connectivity index (χ3n) is 9.28. The Morgan fingerprint density at radius 2 is 1.45 bits per heavy atom. The molecule has 10 nitrogen and oxygen atoms in total. The van der Waals surface area contributed by atoms with Crippen molar-refractivity contribution in [2.24, 2.45) is 0 Å². The fraction of sp³-hybridized carbons (Fsp3) is 0.286. The summed E-state index contributed by atoms with van der Waals surface area (Å²) in [6.07, 6.45) is 2.15. The largest absolute Gasteiger partial charge is 0.361 e. The van der Waals surface area contributed by atoms with Gasteiger partial charge in [0.1, 0.15) is 5.54 Å². The fourth-order valence-corrected chi connectivity index (χ4v) is 8.10. The van der Waals surface area contributed by atoms with E-state index in [2.05, 4.69) is 41.8 Å². The number of aromatic amines is 2. The number of benzene rings is 2. The van der Waals surface area contributed by atoms with Gasteiger partial charge in [0.25, 0.3) is 11.8 Å². The summed E-state index contributed by atoms with van der Waals surface area (Å²) in [6.45, 7) is 0. The van der Waals surface area contributed by atoms with Crippen molar-refractivity contribution < 1.29 is 9.59 Å². The smallest absolute Gasteiger partial charge is 0.261 e. The van der Waals surface area contributed by atoms with Gasteiger partial charge in [-0.05, 0) is 35.4 Å². The number of hydrogen-bond acceptors (Lipinski definition) is 4. The van der Waals surface area contributed by atoms with E-state index in [0.717, 1.165) is 41.9 Å². The van der Waals surface area contributed by atoms with Crippen LogP contribution in [0.25, 0.3) is 21.8 Å². The van der Waals surface area contributed by atoms with Crippen molar-refractivity contribution in [3.8, 4) is 0 Å². The first kappa shape index (κ1) is 25.3. The lowest BCUT2D eigenvalue weighted by atomic mass is 9.58. The maximum Gasteiger partial charge on any atom is 0.261 e. The number of aromatic nitrogens is 2. The quantitative estimate of drug-likeness (QED) is 0.244. The number of carbonyl (C=O) groups is 2. The summed E-state index contributed by atoms with van der Waals surface area (Å²) in [6, 6.07) is 11.8. The van der Waals surface area contributed by atoms with Crippen LogP contribution < -0.4 is 0 Å². The molecule has 4 N–H and O–H groups in total. The number of nitrogens with one attached hydrogen (secondary N) is 4. The maximum absolute atomic E-state index is 14.7. The minimum Gasteiger partial charge on any atom is -0.361 e. The van der Waals surface area contributed by atoms with E-state index >= 15 is 0 Å². The molecule has 3 unspecified atom stereocenters. The van der Waals surface area contributed by atoms with Gasteiger partial charge in [-0.25, -0.2) is 0 Å². The molecule has 2 aromatic carbocycles. The third-order valence-corrected chi connectivity index (χ3v) is 10.3. The summed E-state index contributed by atoms with van der Waals surface area (Å²) in [4.78, 5) is 42.4. The lowest BCUT2D eigenvalue weighted by Crippen LogP contribution is -2.67. The number of fused-ring (bicyclic) bond motifs is 5. The Balaban J connectivity index is 1.68. The molecule has 2 amide bonds. The highest BCUT2D eigenvalue weighted by Crippen LogP contribution is 2.61. The summed E-state index contributed by atoms with van der Waals surface area (Å²) in [5, 5.41) is 19.6. The zero-order valence-corrected chi connectivity index (χ0v) is 25.4. The van der Waals surface area contributed by atoms with Crippen LogP contribution in [0.4, 0.5) is 0 Å². The highest BCUT2D eigenvalue weighted by Gasteiger charge is 2.74. The molecule has 2 fully saturated rings. The van der Waals surface area contributed by atoms with Crippen LogP contribution in [0.1, 0.15) is 22.7 Å². The van der Waals surface area contributed by atoms with E-state index in [1.54, 1.807) is 38.0 Å². The molecule has 4 aromatic rings. The second-order valence-corrected chi connectivity index (χ2v) is 12.7. The number of guanidine groups is 2. The predicted octanol–water partition coefficient (Wildman–Crippen LogP) is 4.13. The molecule has 2 saturated heterocycles. The van der Waals surface area contributed by atoms with Crippen molar-refractivity contribution in [3.63, 3.8) is 0 Å². The van der Waals surface area contributed by atoms with Crippen molar-refractivity contribution in [2.45, 2.75) is 23.4 Å². The van der Waals surface area contributed by atoms with Gasteiger partial charge < -0.3 is 19.8 Å². The molecule has 3 atom stereocenters. The van der Waals surface area contributed by atoms with Crippen molar-refractivity contribution in [2.75, 3.05) is 28.2 Å². The predicted molar refractivity (Wildman–Crippen MR) is 159 cm³/mol. The molecule has 40 heavy (non-hydrogen) atoms. The number of likely N-dealkylation sites (N-methyl/N-ethyl adjacent to an activating group) is 4. The topological polar surface area (TPSA) is 126 Å². The lowest BCUT2D eigenvalue weighted by molar-refractivity contribution is -0.142. The summed E-state index contributed by atoms with van der Waals surface area (Å²) < 4.78 is 1.78. The van der Waals surface area contributed by atoms with Gasteiger partial charge >= 0.3 is 0 Å².